The molecule has 3 rings (SSSR count). The quantitative estimate of drug-likeness (QED) is 0.649. The van der Waals surface area contributed by atoms with Crippen LogP contribution in [-0.4, -0.2) is 61.1 Å². The molecule has 1 aliphatic heterocycles. The van der Waals surface area contributed by atoms with Crippen molar-refractivity contribution in [3.63, 3.8) is 0 Å². The number of rotatable bonds is 9. The van der Waals surface area contributed by atoms with Crippen LogP contribution in [0.25, 0.3) is 0 Å². The molecule has 0 spiro atoms. The minimum absolute atomic E-state index is 0.118. The van der Waals surface area contributed by atoms with E-state index in [-0.39, 0.29) is 5.91 Å². The third-order valence-electron chi connectivity index (χ3n) is 5.33. The molecule has 2 aromatic carbocycles. The lowest BCUT2D eigenvalue weighted by Gasteiger charge is -2.34. The van der Waals surface area contributed by atoms with Gasteiger partial charge in [0, 0.05) is 39.3 Å². The van der Waals surface area contributed by atoms with Crippen molar-refractivity contribution in [2.24, 2.45) is 0 Å². The average Bonchev–Trinajstić information content (AvgIpc) is 2.79. The number of piperazine rings is 1. The molecule has 0 bridgehead atoms. The number of nitriles is 1. The maximum atomic E-state index is 12.2. The average molecular weight is 407 g/mol. The molecular formula is C24H30N4O2. The Morgan fingerprint density at radius 1 is 1.07 bits per heavy atom. The van der Waals surface area contributed by atoms with E-state index in [2.05, 4.69) is 51.5 Å². The van der Waals surface area contributed by atoms with Crippen molar-refractivity contribution in [2.45, 2.75) is 26.0 Å². The SMILES string of the molecule is CC(Oc1ccc(C#N)cc1)C(=O)NCCCN1CCN(Cc2ccccc2)CC1. The van der Waals surface area contributed by atoms with Crippen molar-refractivity contribution >= 4 is 5.91 Å². The molecule has 1 saturated heterocycles. The zero-order valence-electron chi connectivity index (χ0n) is 17.6. The van der Waals surface area contributed by atoms with E-state index in [1.54, 1.807) is 31.2 Å². The Morgan fingerprint density at radius 2 is 1.73 bits per heavy atom. The number of ether oxygens (including phenoxy) is 1. The van der Waals surface area contributed by atoms with Crippen LogP contribution in [0.5, 0.6) is 5.75 Å². The zero-order chi connectivity index (χ0) is 21.2. The number of carbonyl (C=O) groups is 1. The molecule has 1 heterocycles. The molecule has 1 aliphatic rings. The predicted octanol–water partition coefficient (Wildman–Crippen LogP) is 2.65. The first kappa shape index (κ1) is 21.8. The molecule has 2 aromatic rings. The lowest BCUT2D eigenvalue weighted by Crippen LogP contribution is -2.46. The van der Waals surface area contributed by atoms with Crippen LogP contribution in [0.15, 0.2) is 54.6 Å². The molecule has 6 heteroatoms. The van der Waals surface area contributed by atoms with E-state index >= 15 is 0 Å². The van der Waals surface area contributed by atoms with Crippen LogP contribution in [0.4, 0.5) is 0 Å². The topological polar surface area (TPSA) is 68.6 Å². The highest BCUT2D eigenvalue weighted by Crippen LogP contribution is 2.13. The zero-order valence-corrected chi connectivity index (χ0v) is 17.6. The summed E-state index contributed by atoms with van der Waals surface area (Å²) in [6.07, 6.45) is 0.355. The lowest BCUT2D eigenvalue weighted by atomic mass is 10.2. The van der Waals surface area contributed by atoms with E-state index in [9.17, 15) is 4.79 Å². The van der Waals surface area contributed by atoms with Crippen LogP contribution in [0.3, 0.4) is 0 Å². The van der Waals surface area contributed by atoms with E-state index in [0.717, 1.165) is 45.7 Å². The van der Waals surface area contributed by atoms with Gasteiger partial charge in [-0.15, -0.1) is 0 Å². The molecule has 30 heavy (non-hydrogen) atoms. The number of hydrogen-bond donors (Lipinski definition) is 1. The first-order valence-electron chi connectivity index (χ1n) is 10.6. The van der Waals surface area contributed by atoms with Gasteiger partial charge in [0.1, 0.15) is 5.75 Å². The third-order valence-corrected chi connectivity index (χ3v) is 5.33. The molecule has 1 atom stereocenters. The summed E-state index contributed by atoms with van der Waals surface area (Å²) in [7, 11) is 0. The molecule has 6 nitrogen and oxygen atoms in total. The Labute approximate surface area is 179 Å². The number of amides is 1. The Morgan fingerprint density at radius 3 is 2.40 bits per heavy atom. The number of carbonyl (C=O) groups excluding carboxylic acids is 1. The van der Waals surface area contributed by atoms with E-state index < -0.39 is 6.10 Å². The first-order chi connectivity index (χ1) is 14.6. The molecule has 0 aromatic heterocycles. The van der Waals surface area contributed by atoms with Crippen LogP contribution < -0.4 is 10.1 Å². The van der Waals surface area contributed by atoms with Crippen molar-refractivity contribution in [1.82, 2.24) is 15.1 Å². The second-order valence-corrected chi connectivity index (χ2v) is 7.64. The van der Waals surface area contributed by atoms with Crippen LogP contribution in [-0.2, 0) is 11.3 Å². The fraction of sp³-hybridized carbons (Fsp3) is 0.417. The summed E-state index contributed by atoms with van der Waals surface area (Å²) >= 11 is 0. The Hall–Kier alpha value is -2.88. The van der Waals surface area contributed by atoms with Gasteiger partial charge in [0.2, 0.25) is 0 Å². The maximum absolute atomic E-state index is 12.2. The monoisotopic (exact) mass is 406 g/mol. The second-order valence-electron chi connectivity index (χ2n) is 7.64. The van der Waals surface area contributed by atoms with Crippen LogP contribution in [0, 0.1) is 11.3 Å². The second kappa shape index (κ2) is 11.3. The van der Waals surface area contributed by atoms with Crippen LogP contribution in [0.2, 0.25) is 0 Å². The number of nitrogens with zero attached hydrogens (tertiary/aromatic N) is 3. The van der Waals surface area contributed by atoms with Gasteiger partial charge in [0.15, 0.2) is 6.10 Å². The van der Waals surface area contributed by atoms with E-state index in [1.165, 1.54) is 5.56 Å². The molecule has 0 aliphatic carbocycles. The fourth-order valence-corrected chi connectivity index (χ4v) is 3.54. The van der Waals surface area contributed by atoms with Crippen LogP contribution >= 0.6 is 0 Å². The predicted molar refractivity (Wildman–Crippen MR) is 117 cm³/mol. The van der Waals surface area contributed by atoms with Gasteiger partial charge < -0.3 is 15.0 Å². The van der Waals surface area contributed by atoms with Crippen molar-refractivity contribution < 1.29 is 9.53 Å². The van der Waals surface area contributed by atoms with Gasteiger partial charge >= 0.3 is 0 Å². The summed E-state index contributed by atoms with van der Waals surface area (Å²) in [5.41, 5.74) is 1.94. The van der Waals surface area contributed by atoms with E-state index in [4.69, 9.17) is 10.00 Å². The lowest BCUT2D eigenvalue weighted by molar-refractivity contribution is -0.127. The highest BCUT2D eigenvalue weighted by molar-refractivity contribution is 5.80. The Balaban J connectivity index is 1.28. The Bertz CT molecular complexity index is 825. The molecule has 1 fully saturated rings. The van der Waals surface area contributed by atoms with E-state index in [1.807, 2.05) is 0 Å². The minimum Gasteiger partial charge on any atom is -0.481 e. The molecule has 0 radical (unpaired) electrons. The highest BCUT2D eigenvalue weighted by Gasteiger charge is 2.17. The number of hydrogen-bond acceptors (Lipinski definition) is 5. The first-order valence-corrected chi connectivity index (χ1v) is 10.6. The summed E-state index contributed by atoms with van der Waals surface area (Å²) in [5.74, 6) is 0.470. The third kappa shape index (κ3) is 6.87. The van der Waals surface area contributed by atoms with Gasteiger partial charge in [-0.1, -0.05) is 30.3 Å². The van der Waals surface area contributed by atoms with Crippen molar-refractivity contribution in [1.29, 1.82) is 5.26 Å². The normalized spacial score (nSPS) is 15.9. The summed E-state index contributed by atoms with van der Waals surface area (Å²) < 4.78 is 5.65. The van der Waals surface area contributed by atoms with Gasteiger partial charge in [0.05, 0.1) is 11.6 Å². The summed E-state index contributed by atoms with van der Waals surface area (Å²) in [4.78, 5) is 17.2. The maximum Gasteiger partial charge on any atom is 0.260 e. The highest BCUT2D eigenvalue weighted by atomic mass is 16.5. The molecule has 158 valence electrons. The standard InChI is InChI=1S/C24H30N4O2/c1-20(30-23-10-8-21(18-25)9-11-23)24(29)26-12-5-13-27-14-16-28(17-15-27)19-22-6-3-2-4-7-22/h2-4,6-11,20H,5,12-17,19H2,1H3,(H,26,29). The van der Waals surface area contributed by atoms with Gasteiger partial charge in [-0.3, -0.25) is 9.69 Å². The smallest absolute Gasteiger partial charge is 0.260 e. The largest absolute Gasteiger partial charge is 0.481 e. The molecule has 1 amide bonds. The molecular weight excluding hydrogens is 376 g/mol. The summed E-state index contributed by atoms with van der Waals surface area (Å²) in [5, 5.41) is 11.8. The fourth-order valence-electron chi connectivity index (χ4n) is 3.54. The minimum atomic E-state index is -0.570. The number of nitrogens with one attached hydrogen (secondary N) is 1. The molecule has 0 saturated carbocycles. The summed E-state index contributed by atoms with van der Waals surface area (Å²) in [6, 6.07) is 19.4. The van der Waals surface area contributed by atoms with Crippen molar-refractivity contribution in [3.8, 4) is 11.8 Å². The van der Waals surface area contributed by atoms with Gasteiger partial charge in [-0.25, -0.2) is 0 Å². The number of benzene rings is 2. The van der Waals surface area contributed by atoms with Crippen molar-refractivity contribution in [2.75, 3.05) is 39.3 Å². The molecule has 1 N–H and O–H groups in total. The summed E-state index contributed by atoms with van der Waals surface area (Å²) in [6.45, 7) is 8.68. The van der Waals surface area contributed by atoms with Gasteiger partial charge in [-0.2, -0.15) is 5.26 Å². The Kier molecular flexibility index (Phi) is 8.25. The van der Waals surface area contributed by atoms with Gasteiger partial charge in [0.25, 0.3) is 5.91 Å². The van der Waals surface area contributed by atoms with Gasteiger partial charge in [-0.05, 0) is 49.7 Å². The van der Waals surface area contributed by atoms with Crippen molar-refractivity contribution in [3.05, 3.63) is 65.7 Å². The van der Waals surface area contributed by atoms with Crippen LogP contribution in [0.1, 0.15) is 24.5 Å². The molecule has 1 unspecified atom stereocenters. The van der Waals surface area contributed by atoms with E-state index in [0.29, 0.717) is 17.9 Å².